The number of nitrogens with zero attached hydrogens (tertiary/aromatic N) is 2. The Hall–Kier alpha value is -2.61. The molecule has 0 amide bonds. The molecule has 0 fully saturated rings. The fraction of sp³-hybridized carbons (Fsp3) is 0.440. The molecule has 33 heavy (non-hydrogen) atoms. The zero-order valence-corrected chi connectivity index (χ0v) is 19.8. The summed E-state index contributed by atoms with van der Waals surface area (Å²) in [4.78, 5) is 19.4. The molecule has 0 aromatic heterocycles. The average molecular weight is 475 g/mol. The number of hydrogen-bond acceptors (Lipinski definition) is 7. The minimum absolute atomic E-state index is 0.0362. The van der Waals surface area contributed by atoms with Crippen molar-refractivity contribution in [2.75, 3.05) is 26.8 Å². The van der Waals surface area contributed by atoms with Crippen molar-refractivity contribution < 1.29 is 24.2 Å². The van der Waals surface area contributed by atoms with E-state index in [9.17, 15) is 9.90 Å². The van der Waals surface area contributed by atoms with Crippen LogP contribution in [-0.4, -0.2) is 60.7 Å². The third-order valence-electron chi connectivity index (χ3n) is 5.27. The average Bonchev–Trinajstić information content (AvgIpc) is 3.27. The maximum absolute atomic E-state index is 11.7. The number of halogens is 1. The molecule has 3 rings (SSSR count). The van der Waals surface area contributed by atoms with Gasteiger partial charge in [-0.1, -0.05) is 47.9 Å². The summed E-state index contributed by atoms with van der Waals surface area (Å²) in [6.45, 7) is 3.33. The van der Waals surface area contributed by atoms with Gasteiger partial charge in [-0.2, -0.15) is 0 Å². The van der Waals surface area contributed by atoms with E-state index in [2.05, 4.69) is 10.1 Å². The van der Waals surface area contributed by atoms with E-state index in [4.69, 9.17) is 25.9 Å². The molecule has 0 radical (unpaired) electrons. The second kappa shape index (κ2) is 12.6. The van der Waals surface area contributed by atoms with E-state index < -0.39 is 6.10 Å². The number of benzene rings is 2. The quantitative estimate of drug-likeness (QED) is 0.467. The van der Waals surface area contributed by atoms with Crippen LogP contribution in [-0.2, 0) is 20.9 Å². The molecule has 2 aromatic carbocycles. The lowest BCUT2D eigenvalue weighted by molar-refractivity contribution is -0.147. The number of esters is 1. The molecule has 0 bridgehead atoms. The van der Waals surface area contributed by atoms with Crippen LogP contribution < -0.4 is 4.74 Å². The third kappa shape index (κ3) is 8.03. The molecule has 2 aromatic rings. The molecule has 1 heterocycles. The van der Waals surface area contributed by atoms with Crippen molar-refractivity contribution in [1.29, 1.82) is 0 Å². The topological polar surface area (TPSA) is 80.6 Å². The Morgan fingerprint density at radius 1 is 1.30 bits per heavy atom. The van der Waals surface area contributed by atoms with E-state index in [1.54, 1.807) is 7.11 Å². The summed E-state index contributed by atoms with van der Waals surface area (Å²) in [5.74, 6) is 0.475. The van der Waals surface area contributed by atoms with Crippen molar-refractivity contribution in [3.63, 3.8) is 0 Å². The maximum atomic E-state index is 11.7. The first-order chi connectivity index (χ1) is 16.0. The second-order valence-corrected chi connectivity index (χ2v) is 8.55. The molecule has 1 aliphatic rings. The Balaban J connectivity index is 1.62. The van der Waals surface area contributed by atoms with Crippen molar-refractivity contribution in [3.8, 4) is 5.75 Å². The van der Waals surface area contributed by atoms with Crippen LogP contribution in [0.5, 0.6) is 5.75 Å². The molecule has 1 aliphatic heterocycles. The lowest BCUT2D eigenvalue weighted by atomic mass is 10.0. The van der Waals surface area contributed by atoms with Crippen molar-refractivity contribution in [1.82, 2.24) is 4.90 Å². The predicted octanol–water partition coefficient (Wildman–Crippen LogP) is 4.05. The van der Waals surface area contributed by atoms with E-state index in [1.165, 1.54) is 0 Å². The van der Waals surface area contributed by atoms with Gasteiger partial charge in [-0.05, 0) is 41.8 Å². The van der Waals surface area contributed by atoms with Crippen LogP contribution in [0.3, 0.4) is 0 Å². The Morgan fingerprint density at radius 2 is 2.09 bits per heavy atom. The van der Waals surface area contributed by atoms with Gasteiger partial charge in [0.15, 0.2) is 0 Å². The smallest absolute Gasteiger partial charge is 0.305 e. The van der Waals surface area contributed by atoms with Gasteiger partial charge in [0.05, 0.1) is 12.8 Å². The standard InChI is InChI=1S/C25H31ClN2O5/c1-3-5-25(30)32-17-21(29)15-28(14-18-6-4-7-22(12-18)31-2)16-23-13-24(27-33-23)19-8-10-20(26)11-9-19/h4,6-12,21,23,29H,3,5,13-17H2,1-2H3/t21-,23+/m0/s1. The number of carbonyl (C=O) groups excluding carboxylic acids is 1. The molecular formula is C25H31ClN2O5. The number of hydrogen-bond donors (Lipinski definition) is 1. The number of aliphatic hydroxyl groups is 1. The zero-order chi connectivity index (χ0) is 23.6. The fourth-order valence-corrected chi connectivity index (χ4v) is 3.80. The van der Waals surface area contributed by atoms with Gasteiger partial charge in [-0.25, -0.2) is 0 Å². The predicted molar refractivity (Wildman–Crippen MR) is 128 cm³/mol. The second-order valence-electron chi connectivity index (χ2n) is 8.11. The molecule has 0 aliphatic carbocycles. The molecule has 2 atom stereocenters. The first kappa shape index (κ1) is 25.0. The van der Waals surface area contributed by atoms with Gasteiger partial charge < -0.3 is 19.4 Å². The summed E-state index contributed by atoms with van der Waals surface area (Å²) in [5.41, 5.74) is 2.89. The Bertz CT molecular complexity index is 935. The van der Waals surface area contributed by atoms with Crippen molar-refractivity contribution in [2.45, 2.75) is 44.9 Å². The fourth-order valence-electron chi connectivity index (χ4n) is 3.68. The number of ether oxygens (including phenoxy) is 2. The summed E-state index contributed by atoms with van der Waals surface area (Å²) in [6, 6.07) is 15.3. The van der Waals surface area contributed by atoms with E-state index in [1.807, 2.05) is 55.5 Å². The Morgan fingerprint density at radius 3 is 2.82 bits per heavy atom. The lowest BCUT2D eigenvalue weighted by Crippen LogP contribution is -2.39. The molecule has 0 spiro atoms. The van der Waals surface area contributed by atoms with Gasteiger partial charge in [0, 0.05) is 37.5 Å². The molecule has 8 heteroatoms. The van der Waals surface area contributed by atoms with Gasteiger partial charge in [-0.3, -0.25) is 9.69 Å². The highest BCUT2D eigenvalue weighted by Crippen LogP contribution is 2.21. The number of oxime groups is 1. The molecular weight excluding hydrogens is 444 g/mol. The highest BCUT2D eigenvalue weighted by molar-refractivity contribution is 6.30. The van der Waals surface area contributed by atoms with Crippen LogP contribution in [0.1, 0.15) is 37.3 Å². The molecule has 7 nitrogen and oxygen atoms in total. The van der Waals surface area contributed by atoms with Gasteiger partial charge in [0.25, 0.3) is 0 Å². The first-order valence-corrected chi connectivity index (χ1v) is 11.5. The zero-order valence-electron chi connectivity index (χ0n) is 19.1. The Kier molecular flexibility index (Phi) is 9.54. The largest absolute Gasteiger partial charge is 0.497 e. The van der Waals surface area contributed by atoms with Crippen molar-refractivity contribution in [3.05, 3.63) is 64.7 Å². The number of rotatable bonds is 12. The number of aliphatic hydroxyl groups excluding tert-OH is 1. The SMILES string of the molecule is CCCC(=O)OC[C@@H](O)CN(Cc1cccc(OC)c1)C[C@H]1CC(c2ccc(Cl)cc2)=NO1. The van der Waals surface area contributed by atoms with Crippen molar-refractivity contribution in [2.24, 2.45) is 5.16 Å². The third-order valence-corrected chi connectivity index (χ3v) is 5.52. The summed E-state index contributed by atoms with van der Waals surface area (Å²) in [6.07, 6.45) is 0.746. The summed E-state index contributed by atoms with van der Waals surface area (Å²) < 4.78 is 10.5. The van der Waals surface area contributed by atoms with Crippen molar-refractivity contribution >= 4 is 23.3 Å². The van der Waals surface area contributed by atoms with Crippen LogP contribution in [0.25, 0.3) is 0 Å². The van der Waals surface area contributed by atoms with E-state index in [-0.39, 0.29) is 18.7 Å². The van der Waals surface area contributed by atoms with E-state index >= 15 is 0 Å². The molecule has 178 valence electrons. The van der Waals surface area contributed by atoms with Crippen LogP contribution in [0, 0.1) is 0 Å². The first-order valence-electron chi connectivity index (χ1n) is 11.1. The van der Waals surface area contributed by atoms with Crippen LogP contribution >= 0.6 is 11.6 Å². The summed E-state index contributed by atoms with van der Waals surface area (Å²) in [5, 5.41) is 15.5. The van der Waals surface area contributed by atoms with Crippen LogP contribution in [0.15, 0.2) is 53.7 Å². The lowest BCUT2D eigenvalue weighted by Gasteiger charge is -2.27. The molecule has 1 N–H and O–H groups in total. The molecule has 0 unspecified atom stereocenters. The summed E-state index contributed by atoms with van der Waals surface area (Å²) >= 11 is 5.98. The minimum Gasteiger partial charge on any atom is -0.497 e. The Labute approximate surface area is 199 Å². The van der Waals surface area contributed by atoms with Crippen LogP contribution in [0.4, 0.5) is 0 Å². The highest BCUT2D eigenvalue weighted by Gasteiger charge is 2.26. The minimum atomic E-state index is -0.811. The highest BCUT2D eigenvalue weighted by atomic mass is 35.5. The molecule has 0 saturated carbocycles. The monoisotopic (exact) mass is 474 g/mol. The van der Waals surface area contributed by atoms with Gasteiger partial charge in [0.1, 0.15) is 24.6 Å². The van der Waals surface area contributed by atoms with E-state index in [0.717, 1.165) is 22.6 Å². The number of carbonyl (C=O) groups is 1. The molecule has 0 saturated heterocycles. The van der Waals surface area contributed by atoms with Gasteiger partial charge in [0.2, 0.25) is 0 Å². The van der Waals surface area contributed by atoms with E-state index in [0.29, 0.717) is 43.9 Å². The van der Waals surface area contributed by atoms with Gasteiger partial charge in [-0.15, -0.1) is 0 Å². The van der Waals surface area contributed by atoms with Crippen LogP contribution in [0.2, 0.25) is 5.02 Å². The van der Waals surface area contributed by atoms with Gasteiger partial charge >= 0.3 is 5.97 Å². The normalized spacial score (nSPS) is 16.3. The maximum Gasteiger partial charge on any atom is 0.305 e. The summed E-state index contributed by atoms with van der Waals surface area (Å²) in [7, 11) is 1.63. The number of methoxy groups -OCH3 is 1.